The van der Waals surface area contributed by atoms with Crippen molar-refractivity contribution >= 4 is 45.4 Å². The fourth-order valence-electron chi connectivity index (χ4n) is 8.54. The third-order valence-corrected chi connectivity index (χ3v) is 11.8. The number of imide groups is 2. The highest BCUT2D eigenvalue weighted by atomic mass is 16.5. The average Bonchev–Trinajstić information content (AvgIpc) is 3.65. The van der Waals surface area contributed by atoms with Crippen LogP contribution in [0.15, 0.2) is 73.2 Å². The van der Waals surface area contributed by atoms with Crippen LogP contribution in [0.5, 0.6) is 11.6 Å². The Morgan fingerprint density at radius 2 is 1.60 bits per heavy atom. The first kappa shape index (κ1) is 37.9. The second-order valence-electron chi connectivity index (χ2n) is 15.5. The zero-order valence-electron chi connectivity index (χ0n) is 32.4. The van der Waals surface area contributed by atoms with Crippen LogP contribution < -0.4 is 14.8 Å². The fraction of sp³-hybridized carbons (Fsp3) is 0.409. The molecule has 300 valence electrons. The molecule has 1 aliphatic carbocycles. The largest absolute Gasteiger partial charge is 0.491 e. The van der Waals surface area contributed by atoms with Crippen LogP contribution in [0.2, 0.25) is 0 Å². The van der Waals surface area contributed by atoms with Crippen molar-refractivity contribution in [2.24, 2.45) is 7.05 Å². The number of nitrogens with one attached hydrogen (secondary N) is 1. The monoisotopic (exact) mass is 786 g/mol. The molecular formula is C44H46N6O8. The van der Waals surface area contributed by atoms with Crippen molar-refractivity contribution in [1.29, 1.82) is 0 Å². The van der Waals surface area contributed by atoms with Crippen molar-refractivity contribution < 1.29 is 38.1 Å². The van der Waals surface area contributed by atoms with Crippen molar-refractivity contribution in [2.75, 3.05) is 39.5 Å². The first-order valence-corrected chi connectivity index (χ1v) is 20.2. The molecule has 1 atom stereocenters. The highest BCUT2D eigenvalue weighted by molar-refractivity contribution is 6.23. The normalized spacial score (nSPS) is 21.4. The molecule has 1 N–H and O–H groups in total. The van der Waals surface area contributed by atoms with Crippen LogP contribution in [0.1, 0.15) is 65.7 Å². The second-order valence-corrected chi connectivity index (χ2v) is 15.5. The molecule has 14 nitrogen and oxygen atoms in total. The van der Waals surface area contributed by atoms with Gasteiger partial charge in [-0.3, -0.25) is 34.4 Å². The smallest absolute Gasteiger partial charge is 0.262 e. The molecular weight excluding hydrogens is 741 g/mol. The number of aromatic nitrogens is 3. The van der Waals surface area contributed by atoms with E-state index in [0.29, 0.717) is 31.5 Å². The molecule has 3 fully saturated rings. The Kier molecular flexibility index (Phi) is 10.6. The number of rotatable bonds is 14. The average molecular weight is 787 g/mol. The van der Waals surface area contributed by atoms with Gasteiger partial charge in [0.2, 0.25) is 17.7 Å². The summed E-state index contributed by atoms with van der Waals surface area (Å²) in [4.78, 5) is 62.1. The molecule has 0 spiro atoms. The van der Waals surface area contributed by atoms with Crippen molar-refractivity contribution in [3.8, 4) is 22.8 Å². The van der Waals surface area contributed by atoms with Crippen molar-refractivity contribution in [2.45, 2.75) is 69.3 Å². The Bertz CT molecular complexity index is 2370. The third-order valence-electron chi connectivity index (χ3n) is 11.8. The lowest BCUT2D eigenvalue weighted by atomic mass is 9.91. The van der Waals surface area contributed by atoms with E-state index in [2.05, 4.69) is 56.1 Å². The number of carbonyl (C=O) groups is 4. The van der Waals surface area contributed by atoms with Crippen LogP contribution in [-0.2, 0) is 26.1 Å². The number of benzene rings is 2. The molecule has 2 aromatic carbocycles. The van der Waals surface area contributed by atoms with Crippen LogP contribution in [-0.4, -0.2) is 112 Å². The number of fused-ring (bicyclic) bond motifs is 4. The Balaban J connectivity index is 0.635. The fourth-order valence-corrected chi connectivity index (χ4v) is 8.54. The summed E-state index contributed by atoms with van der Waals surface area (Å²) in [6.45, 7) is 4.25. The Morgan fingerprint density at radius 1 is 0.776 bits per heavy atom. The van der Waals surface area contributed by atoms with Gasteiger partial charge in [0.1, 0.15) is 24.5 Å². The molecule has 5 aromatic rings. The van der Waals surface area contributed by atoms with Gasteiger partial charge in [-0.05, 0) is 67.6 Å². The van der Waals surface area contributed by atoms with Gasteiger partial charge in [0.15, 0.2) is 0 Å². The standard InChI is InChI=1S/C44H46N6O8/c1-48-37-11-14-45-26-36(37)33-6-3-27(21-39(33)48)28-4-10-41(46-25-28)58-32-22-31(23-32)57-29-12-16-49(17-13-29)15-2-18-55-19-20-56-30-5-7-34-35(24-30)44(54)50(43(34)53)38-8-9-40(51)47-42(38)52/h3-7,10-11,14,21,24-26,29,31-32,38H,2,8-9,12-13,15-20,22-23H2,1H3,(H,47,51,52)/t31-,32-,38?. The zero-order chi connectivity index (χ0) is 39.8. The van der Waals surface area contributed by atoms with Gasteiger partial charge in [0.05, 0.1) is 35.5 Å². The summed E-state index contributed by atoms with van der Waals surface area (Å²) >= 11 is 0. The van der Waals surface area contributed by atoms with Crippen LogP contribution >= 0.6 is 0 Å². The Labute approximate surface area is 335 Å². The molecule has 0 bridgehead atoms. The maximum absolute atomic E-state index is 13.0. The van der Waals surface area contributed by atoms with E-state index in [9.17, 15) is 19.2 Å². The van der Waals surface area contributed by atoms with Gasteiger partial charge in [-0.2, -0.15) is 0 Å². The van der Waals surface area contributed by atoms with Gasteiger partial charge >= 0.3 is 0 Å². The first-order chi connectivity index (χ1) is 28.3. The number of likely N-dealkylation sites (tertiary alicyclic amines) is 1. The third kappa shape index (κ3) is 7.66. The molecule has 58 heavy (non-hydrogen) atoms. The van der Waals surface area contributed by atoms with Gasteiger partial charge in [-0.25, -0.2) is 4.98 Å². The van der Waals surface area contributed by atoms with Crippen molar-refractivity contribution in [1.82, 2.24) is 29.7 Å². The summed E-state index contributed by atoms with van der Waals surface area (Å²) in [5.41, 5.74) is 4.90. The maximum atomic E-state index is 13.0. The predicted octanol–water partition coefficient (Wildman–Crippen LogP) is 5.07. The van der Waals surface area contributed by atoms with Gasteiger partial charge in [-0.1, -0.05) is 12.1 Å². The van der Waals surface area contributed by atoms with Crippen molar-refractivity contribution in [3.05, 3.63) is 84.3 Å². The number of ether oxygens (including phenoxy) is 4. The molecule has 14 heteroatoms. The van der Waals surface area contributed by atoms with E-state index in [1.165, 1.54) is 28.6 Å². The summed E-state index contributed by atoms with van der Waals surface area (Å²) in [6, 6.07) is 16.3. The van der Waals surface area contributed by atoms with Crippen LogP contribution in [0, 0.1) is 0 Å². The summed E-state index contributed by atoms with van der Waals surface area (Å²) < 4.78 is 26.4. The number of nitrogens with zero attached hydrogens (tertiary/aromatic N) is 5. The Morgan fingerprint density at radius 3 is 2.41 bits per heavy atom. The first-order valence-electron chi connectivity index (χ1n) is 20.2. The van der Waals surface area contributed by atoms with E-state index in [1.54, 1.807) is 6.07 Å². The van der Waals surface area contributed by atoms with E-state index in [1.807, 2.05) is 30.7 Å². The summed E-state index contributed by atoms with van der Waals surface area (Å²) in [5.74, 6) is -1.06. The van der Waals surface area contributed by atoms with E-state index < -0.39 is 29.7 Å². The van der Waals surface area contributed by atoms with E-state index >= 15 is 0 Å². The molecule has 6 heterocycles. The number of carbonyl (C=O) groups excluding carboxylic acids is 4. The molecule has 2 saturated heterocycles. The quantitative estimate of drug-likeness (QED) is 0.119. The molecule has 9 rings (SSSR count). The maximum Gasteiger partial charge on any atom is 0.262 e. The number of piperidine rings is 2. The minimum absolute atomic E-state index is 0.0754. The van der Waals surface area contributed by atoms with Crippen LogP contribution in [0.3, 0.4) is 0 Å². The minimum Gasteiger partial charge on any atom is -0.491 e. The SMILES string of the molecule is Cn1c2ccncc2c2ccc(-c3ccc(O[C@H]4C[C@H](OC5CCN(CCCOCCOc6ccc7c(c6)C(=O)N(C6CCC(=O)NC6=O)C7=O)CC5)C4)nc3)cc21. The lowest BCUT2D eigenvalue weighted by Gasteiger charge is -2.39. The molecule has 1 saturated carbocycles. The van der Waals surface area contributed by atoms with E-state index in [4.69, 9.17) is 18.9 Å². The topological polar surface area (TPSA) is 154 Å². The minimum atomic E-state index is -0.998. The number of aryl methyl sites for hydroxylation is 1. The zero-order valence-corrected chi connectivity index (χ0v) is 32.4. The van der Waals surface area contributed by atoms with Gasteiger partial charge < -0.3 is 28.4 Å². The number of hydrogen-bond donors (Lipinski definition) is 1. The molecule has 3 aromatic heterocycles. The van der Waals surface area contributed by atoms with Crippen LogP contribution in [0.25, 0.3) is 32.9 Å². The van der Waals surface area contributed by atoms with Crippen molar-refractivity contribution in [3.63, 3.8) is 0 Å². The van der Waals surface area contributed by atoms with Gasteiger partial charge in [0, 0.05) is 99.1 Å². The van der Waals surface area contributed by atoms with Gasteiger partial charge in [0.25, 0.3) is 11.8 Å². The molecule has 4 amide bonds. The highest BCUT2D eigenvalue weighted by Crippen LogP contribution is 2.34. The van der Waals surface area contributed by atoms with E-state index in [0.717, 1.165) is 73.2 Å². The number of pyridine rings is 2. The Hall–Kier alpha value is -5.70. The predicted molar refractivity (Wildman–Crippen MR) is 213 cm³/mol. The molecule has 3 aliphatic heterocycles. The van der Waals surface area contributed by atoms with E-state index in [-0.39, 0.29) is 42.3 Å². The second kappa shape index (κ2) is 16.3. The molecule has 4 aliphatic rings. The lowest BCUT2D eigenvalue weighted by molar-refractivity contribution is -0.136. The highest BCUT2D eigenvalue weighted by Gasteiger charge is 2.44. The molecule has 1 unspecified atom stereocenters. The number of hydrogen-bond acceptors (Lipinski definition) is 11. The summed E-state index contributed by atoms with van der Waals surface area (Å²) in [5, 5.41) is 4.55. The van der Waals surface area contributed by atoms with Gasteiger partial charge in [-0.15, -0.1) is 0 Å². The lowest BCUT2D eigenvalue weighted by Crippen LogP contribution is -2.54. The van der Waals surface area contributed by atoms with Crippen LogP contribution in [0.4, 0.5) is 0 Å². The summed E-state index contributed by atoms with van der Waals surface area (Å²) in [7, 11) is 2.09. The summed E-state index contributed by atoms with van der Waals surface area (Å²) in [6.07, 6.45) is 11.2. The molecule has 0 radical (unpaired) electrons. The number of amides is 4.